The van der Waals surface area contributed by atoms with Gasteiger partial charge >= 0.3 is 0 Å². The molecule has 0 spiro atoms. The van der Waals surface area contributed by atoms with Crippen molar-refractivity contribution in [1.82, 2.24) is 15.1 Å². The van der Waals surface area contributed by atoms with Crippen LogP contribution in [0.5, 0.6) is 0 Å². The highest BCUT2D eigenvalue weighted by molar-refractivity contribution is 5.81. The van der Waals surface area contributed by atoms with Crippen LogP contribution < -0.4 is 5.32 Å². The zero-order valence-corrected chi connectivity index (χ0v) is 11.7. The van der Waals surface area contributed by atoms with E-state index in [1.54, 1.807) is 0 Å². The Morgan fingerprint density at radius 3 is 2.78 bits per heavy atom. The van der Waals surface area contributed by atoms with Crippen molar-refractivity contribution in [3.63, 3.8) is 0 Å². The van der Waals surface area contributed by atoms with E-state index < -0.39 is 0 Å². The Bertz CT molecular complexity index is 248. The van der Waals surface area contributed by atoms with Crippen molar-refractivity contribution >= 4 is 5.91 Å². The Kier molecular flexibility index (Phi) is 7.23. The molecule has 1 saturated heterocycles. The molecule has 0 aliphatic carbocycles. The highest BCUT2D eigenvalue weighted by Gasteiger charge is 2.23. The van der Waals surface area contributed by atoms with Gasteiger partial charge < -0.3 is 10.4 Å². The van der Waals surface area contributed by atoms with Crippen molar-refractivity contribution < 1.29 is 9.90 Å². The van der Waals surface area contributed by atoms with E-state index in [9.17, 15) is 4.79 Å². The molecule has 0 saturated carbocycles. The minimum atomic E-state index is -0.0503. The SMILES string of the molecule is CCCNC(=O)C(C)N1CCCN(CCO)CC1. The molecule has 1 atom stereocenters. The second-order valence-electron chi connectivity index (χ2n) is 4.92. The molecule has 2 N–H and O–H groups in total. The van der Waals surface area contributed by atoms with Crippen LogP contribution in [0.1, 0.15) is 26.7 Å². The molecule has 0 aromatic carbocycles. The third-order valence-electron chi connectivity index (χ3n) is 3.52. The van der Waals surface area contributed by atoms with E-state index in [0.29, 0.717) is 0 Å². The first-order valence-corrected chi connectivity index (χ1v) is 7.04. The summed E-state index contributed by atoms with van der Waals surface area (Å²) in [5.41, 5.74) is 0. The summed E-state index contributed by atoms with van der Waals surface area (Å²) >= 11 is 0. The highest BCUT2D eigenvalue weighted by Crippen LogP contribution is 2.07. The number of aliphatic hydroxyl groups excluding tert-OH is 1. The topological polar surface area (TPSA) is 55.8 Å². The molecule has 1 fully saturated rings. The fourth-order valence-corrected chi connectivity index (χ4v) is 2.30. The van der Waals surface area contributed by atoms with Gasteiger partial charge in [0.05, 0.1) is 12.6 Å². The van der Waals surface area contributed by atoms with Crippen LogP contribution in [0.3, 0.4) is 0 Å². The minimum Gasteiger partial charge on any atom is -0.395 e. The van der Waals surface area contributed by atoms with Crippen LogP contribution in [0.25, 0.3) is 0 Å². The maximum absolute atomic E-state index is 11.9. The molecular weight excluding hydrogens is 230 g/mol. The van der Waals surface area contributed by atoms with Crippen LogP contribution >= 0.6 is 0 Å². The zero-order chi connectivity index (χ0) is 13.4. The molecule has 5 nitrogen and oxygen atoms in total. The van der Waals surface area contributed by atoms with Gasteiger partial charge in [-0.15, -0.1) is 0 Å². The van der Waals surface area contributed by atoms with E-state index in [-0.39, 0.29) is 18.6 Å². The lowest BCUT2D eigenvalue weighted by Gasteiger charge is -2.26. The van der Waals surface area contributed by atoms with Crippen molar-refractivity contribution in [2.75, 3.05) is 45.9 Å². The van der Waals surface area contributed by atoms with Crippen molar-refractivity contribution in [3.8, 4) is 0 Å². The molecule has 106 valence electrons. The third-order valence-corrected chi connectivity index (χ3v) is 3.52. The quantitative estimate of drug-likeness (QED) is 0.698. The van der Waals surface area contributed by atoms with E-state index in [4.69, 9.17) is 5.11 Å². The normalized spacial score (nSPS) is 20.4. The Hall–Kier alpha value is -0.650. The van der Waals surface area contributed by atoms with Crippen LogP contribution in [-0.4, -0.2) is 72.7 Å². The molecule has 1 aliphatic heterocycles. The van der Waals surface area contributed by atoms with Crippen molar-refractivity contribution in [1.29, 1.82) is 0 Å². The number of aliphatic hydroxyl groups is 1. The summed E-state index contributed by atoms with van der Waals surface area (Å²) in [7, 11) is 0. The van der Waals surface area contributed by atoms with E-state index in [0.717, 1.165) is 52.1 Å². The number of carbonyl (C=O) groups excluding carboxylic acids is 1. The summed E-state index contributed by atoms with van der Waals surface area (Å²) in [6, 6.07) is -0.0503. The predicted molar refractivity (Wildman–Crippen MR) is 72.5 cm³/mol. The summed E-state index contributed by atoms with van der Waals surface area (Å²) in [6.45, 7) is 9.57. The van der Waals surface area contributed by atoms with Crippen LogP contribution in [0.2, 0.25) is 0 Å². The first kappa shape index (κ1) is 15.4. The number of rotatable bonds is 6. The lowest BCUT2D eigenvalue weighted by Crippen LogP contribution is -2.46. The average molecular weight is 257 g/mol. The second-order valence-corrected chi connectivity index (χ2v) is 4.92. The summed E-state index contributed by atoms with van der Waals surface area (Å²) in [6.07, 6.45) is 2.04. The van der Waals surface area contributed by atoms with E-state index in [1.165, 1.54) is 0 Å². The van der Waals surface area contributed by atoms with Gasteiger partial charge in [0.1, 0.15) is 0 Å². The van der Waals surface area contributed by atoms with Crippen LogP contribution in [-0.2, 0) is 4.79 Å². The molecule has 1 heterocycles. The molecule has 18 heavy (non-hydrogen) atoms. The van der Waals surface area contributed by atoms with Gasteiger partial charge in [-0.25, -0.2) is 0 Å². The molecule has 1 rings (SSSR count). The number of β-amino-alcohol motifs (C(OH)–C–C–N with tert-alkyl or cyclic N) is 1. The van der Waals surface area contributed by atoms with Crippen LogP contribution in [0, 0.1) is 0 Å². The lowest BCUT2D eigenvalue weighted by molar-refractivity contribution is -0.125. The Morgan fingerprint density at radius 2 is 2.11 bits per heavy atom. The molecule has 1 unspecified atom stereocenters. The molecule has 1 aliphatic rings. The standard InChI is InChI=1S/C13H27N3O2/c1-3-5-14-13(18)12(2)16-7-4-6-15(8-9-16)10-11-17/h12,17H,3-11H2,1-2H3,(H,14,18). The zero-order valence-electron chi connectivity index (χ0n) is 11.7. The molecule has 1 amide bonds. The van der Waals surface area contributed by atoms with Gasteiger partial charge in [0, 0.05) is 32.7 Å². The van der Waals surface area contributed by atoms with Crippen molar-refractivity contribution in [3.05, 3.63) is 0 Å². The maximum Gasteiger partial charge on any atom is 0.237 e. The molecule has 0 aromatic heterocycles. The maximum atomic E-state index is 11.9. The Balaban J connectivity index is 2.39. The Labute approximate surface area is 110 Å². The van der Waals surface area contributed by atoms with Crippen LogP contribution in [0.4, 0.5) is 0 Å². The fourth-order valence-electron chi connectivity index (χ4n) is 2.30. The first-order chi connectivity index (χ1) is 8.69. The molecular formula is C13H27N3O2. The average Bonchev–Trinajstić information content (AvgIpc) is 2.61. The van der Waals surface area contributed by atoms with E-state index >= 15 is 0 Å². The van der Waals surface area contributed by atoms with Gasteiger partial charge in [0.15, 0.2) is 0 Å². The smallest absolute Gasteiger partial charge is 0.237 e. The van der Waals surface area contributed by atoms with Gasteiger partial charge in [-0.2, -0.15) is 0 Å². The summed E-state index contributed by atoms with van der Waals surface area (Å²) in [5, 5.41) is 11.9. The van der Waals surface area contributed by atoms with Crippen molar-refractivity contribution in [2.45, 2.75) is 32.7 Å². The lowest BCUT2D eigenvalue weighted by atomic mass is 10.2. The molecule has 5 heteroatoms. The molecule has 0 bridgehead atoms. The number of amides is 1. The monoisotopic (exact) mass is 257 g/mol. The van der Waals surface area contributed by atoms with E-state index in [1.807, 2.05) is 6.92 Å². The minimum absolute atomic E-state index is 0.0503. The first-order valence-electron chi connectivity index (χ1n) is 7.04. The fraction of sp³-hybridized carbons (Fsp3) is 0.923. The number of nitrogens with zero attached hydrogens (tertiary/aromatic N) is 2. The summed E-state index contributed by atoms with van der Waals surface area (Å²) in [4.78, 5) is 16.4. The molecule has 0 radical (unpaired) electrons. The van der Waals surface area contributed by atoms with Crippen LogP contribution in [0.15, 0.2) is 0 Å². The number of carbonyl (C=O) groups is 1. The largest absolute Gasteiger partial charge is 0.395 e. The Morgan fingerprint density at radius 1 is 1.33 bits per heavy atom. The van der Waals surface area contributed by atoms with E-state index in [2.05, 4.69) is 22.0 Å². The van der Waals surface area contributed by atoms with Gasteiger partial charge in [-0.3, -0.25) is 14.6 Å². The number of nitrogens with one attached hydrogen (secondary N) is 1. The summed E-state index contributed by atoms with van der Waals surface area (Å²) in [5.74, 6) is 0.132. The number of hydrogen-bond donors (Lipinski definition) is 2. The third kappa shape index (κ3) is 4.92. The van der Waals surface area contributed by atoms with Gasteiger partial charge in [0.25, 0.3) is 0 Å². The van der Waals surface area contributed by atoms with Gasteiger partial charge in [-0.1, -0.05) is 6.92 Å². The van der Waals surface area contributed by atoms with Crippen molar-refractivity contribution in [2.24, 2.45) is 0 Å². The van der Waals surface area contributed by atoms with Gasteiger partial charge in [0.2, 0.25) is 5.91 Å². The predicted octanol–water partition coefficient (Wildman–Crippen LogP) is -0.0989. The number of hydrogen-bond acceptors (Lipinski definition) is 4. The summed E-state index contributed by atoms with van der Waals surface area (Å²) < 4.78 is 0. The molecule has 0 aromatic rings. The second kappa shape index (κ2) is 8.45. The highest BCUT2D eigenvalue weighted by atomic mass is 16.3. The van der Waals surface area contributed by atoms with Gasteiger partial charge in [-0.05, 0) is 26.3 Å².